The third kappa shape index (κ3) is 4.33. The van der Waals surface area contributed by atoms with Crippen LogP contribution < -0.4 is 10.6 Å². The van der Waals surface area contributed by atoms with Crippen molar-refractivity contribution in [1.82, 2.24) is 24.8 Å². The minimum Gasteiger partial charge on any atom is -0.381 e. The Morgan fingerprint density at radius 3 is 2.76 bits per heavy atom. The van der Waals surface area contributed by atoms with Crippen molar-refractivity contribution in [2.24, 2.45) is 5.92 Å². The number of ether oxygens (including phenoxy) is 1. The van der Waals surface area contributed by atoms with Crippen molar-refractivity contribution >= 4 is 11.7 Å². The van der Waals surface area contributed by atoms with E-state index in [-0.39, 0.29) is 11.8 Å². The quantitative estimate of drug-likeness (QED) is 0.766. The SMILES string of the molecule is Cc1ncn(-c2cc(NCCNC(=O)C3CCOCC3)ncn2)c1C. The first-order valence-electron chi connectivity index (χ1n) is 8.57. The van der Waals surface area contributed by atoms with Crippen LogP contribution in [0.1, 0.15) is 24.2 Å². The van der Waals surface area contributed by atoms with Gasteiger partial charge in [-0.05, 0) is 26.7 Å². The standard InChI is InChI=1S/C17H24N6O2/c1-12-13(2)23(11-22-12)16-9-15(20-10-21-16)18-5-6-19-17(24)14-3-7-25-8-4-14/h9-11,14H,3-8H2,1-2H3,(H,19,24)(H,18,20,21). The second kappa shape index (κ2) is 8.06. The summed E-state index contributed by atoms with van der Waals surface area (Å²) < 4.78 is 7.20. The average Bonchev–Trinajstić information content (AvgIpc) is 2.98. The van der Waals surface area contributed by atoms with Crippen LogP contribution in [0.3, 0.4) is 0 Å². The maximum atomic E-state index is 12.1. The molecule has 2 N–H and O–H groups in total. The lowest BCUT2D eigenvalue weighted by Crippen LogP contribution is -2.36. The van der Waals surface area contributed by atoms with E-state index in [2.05, 4.69) is 25.6 Å². The number of hydrogen-bond acceptors (Lipinski definition) is 6. The van der Waals surface area contributed by atoms with E-state index in [0.29, 0.717) is 26.3 Å². The minimum absolute atomic E-state index is 0.0758. The van der Waals surface area contributed by atoms with Gasteiger partial charge in [0, 0.05) is 44.0 Å². The molecule has 1 aliphatic heterocycles. The zero-order chi connectivity index (χ0) is 17.6. The van der Waals surface area contributed by atoms with Crippen LogP contribution in [-0.4, -0.2) is 51.7 Å². The Balaban J connectivity index is 1.49. The highest BCUT2D eigenvalue weighted by Gasteiger charge is 2.20. The van der Waals surface area contributed by atoms with Crippen molar-refractivity contribution < 1.29 is 9.53 Å². The third-order valence-corrected chi connectivity index (χ3v) is 4.47. The Hall–Kier alpha value is -2.48. The van der Waals surface area contributed by atoms with E-state index in [1.165, 1.54) is 6.33 Å². The monoisotopic (exact) mass is 344 g/mol. The number of carbonyl (C=O) groups excluding carboxylic acids is 1. The van der Waals surface area contributed by atoms with Gasteiger partial charge in [0.25, 0.3) is 0 Å². The Bertz CT molecular complexity index is 724. The Morgan fingerprint density at radius 1 is 1.24 bits per heavy atom. The predicted octanol–water partition coefficient (Wildman–Crippen LogP) is 1.23. The van der Waals surface area contributed by atoms with Crippen molar-refractivity contribution in [3.63, 3.8) is 0 Å². The van der Waals surface area contributed by atoms with E-state index in [0.717, 1.165) is 35.9 Å². The molecule has 0 atom stereocenters. The van der Waals surface area contributed by atoms with E-state index in [1.807, 2.05) is 24.5 Å². The van der Waals surface area contributed by atoms with E-state index < -0.39 is 0 Å². The van der Waals surface area contributed by atoms with Crippen molar-refractivity contribution in [2.75, 3.05) is 31.6 Å². The molecule has 0 radical (unpaired) electrons. The molecule has 25 heavy (non-hydrogen) atoms. The van der Waals surface area contributed by atoms with Crippen molar-refractivity contribution in [1.29, 1.82) is 0 Å². The lowest BCUT2D eigenvalue weighted by atomic mass is 9.99. The van der Waals surface area contributed by atoms with Crippen LogP contribution in [0.2, 0.25) is 0 Å². The summed E-state index contributed by atoms with van der Waals surface area (Å²) in [6, 6.07) is 1.87. The molecule has 1 amide bonds. The maximum absolute atomic E-state index is 12.1. The lowest BCUT2D eigenvalue weighted by Gasteiger charge is -2.21. The van der Waals surface area contributed by atoms with Gasteiger partial charge in [-0.15, -0.1) is 0 Å². The summed E-state index contributed by atoms with van der Waals surface area (Å²) in [7, 11) is 0. The van der Waals surface area contributed by atoms with Crippen LogP contribution in [0.5, 0.6) is 0 Å². The van der Waals surface area contributed by atoms with Crippen LogP contribution in [0.4, 0.5) is 5.82 Å². The van der Waals surface area contributed by atoms with Crippen molar-refractivity contribution in [3.8, 4) is 5.82 Å². The van der Waals surface area contributed by atoms with E-state index in [4.69, 9.17) is 4.74 Å². The molecule has 0 spiro atoms. The number of carbonyl (C=O) groups is 1. The molecule has 2 aromatic heterocycles. The third-order valence-electron chi connectivity index (χ3n) is 4.47. The Kier molecular flexibility index (Phi) is 5.60. The molecule has 0 aromatic carbocycles. The molecule has 3 rings (SSSR count). The van der Waals surface area contributed by atoms with Crippen LogP contribution >= 0.6 is 0 Å². The number of aryl methyl sites for hydroxylation is 1. The van der Waals surface area contributed by atoms with Crippen LogP contribution in [0.25, 0.3) is 5.82 Å². The summed E-state index contributed by atoms with van der Waals surface area (Å²) in [6.07, 6.45) is 4.88. The number of anilines is 1. The van der Waals surface area contributed by atoms with Crippen molar-refractivity contribution in [2.45, 2.75) is 26.7 Å². The predicted molar refractivity (Wildman–Crippen MR) is 93.7 cm³/mol. The number of nitrogens with zero attached hydrogens (tertiary/aromatic N) is 4. The summed E-state index contributed by atoms with van der Waals surface area (Å²) in [6.45, 7) is 6.48. The smallest absolute Gasteiger partial charge is 0.223 e. The number of imidazole rings is 1. The molecule has 134 valence electrons. The second-order valence-corrected chi connectivity index (χ2v) is 6.15. The number of amides is 1. The number of aromatic nitrogens is 4. The summed E-state index contributed by atoms with van der Waals surface area (Å²) in [4.78, 5) is 24.9. The topological polar surface area (TPSA) is 94.0 Å². The summed E-state index contributed by atoms with van der Waals surface area (Å²) in [5.74, 6) is 1.67. The fourth-order valence-electron chi connectivity index (χ4n) is 2.79. The fraction of sp³-hybridized carbons (Fsp3) is 0.529. The zero-order valence-corrected chi connectivity index (χ0v) is 14.7. The van der Waals surface area contributed by atoms with Gasteiger partial charge in [0.1, 0.15) is 24.3 Å². The average molecular weight is 344 g/mol. The highest BCUT2D eigenvalue weighted by molar-refractivity contribution is 5.78. The second-order valence-electron chi connectivity index (χ2n) is 6.15. The molecule has 8 heteroatoms. The van der Waals surface area contributed by atoms with Gasteiger partial charge in [-0.1, -0.05) is 0 Å². The number of hydrogen-bond donors (Lipinski definition) is 2. The molecule has 0 unspecified atom stereocenters. The normalized spacial score (nSPS) is 15.1. The van der Waals surface area contributed by atoms with E-state index in [9.17, 15) is 4.79 Å². The Morgan fingerprint density at radius 2 is 2.04 bits per heavy atom. The molecule has 2 aromatic rings. The highest BCUT2D eigenvalue weighted by Crippen LogP contribution is 2.15. The molecule has 1 aliphatic rings. The maximum Gasteiger partial charge on any atom is 0.223 e. The lowest BCUT2D eigenvalue weighted by molar-refractivity contribution is -0.127. The molecular weight excluding hydrogens is 320 g/mol. The van der Waals surface area contributed by atoms with Crippen LogP contribution in [0, 0.1) is 19.8 Å². The minimum atomic E-state index is 0.0758. The van der Waals surface area contributed by atoms with Gasteiger partial charge >= 0.3 is 0 Å². The zero-order valence-electron chi connectivity index (χ0n) is 14.7. The molecule has 3 heterocycles. The van der Waals surface area contributed by atoms with Gasteiger partial charge in [-0.2, -0.15) is 0 Å². The van der Waals surface area contributed by atoms with Crippen LogP contribution in [0.15, 0.2) is 18.7 Å². The van der Waals surface area contributed by atoms with Crippen LogP contribution in [-0.2, 0) is 9.53 Å². The summed E-state index contributed by atoms with van der Waals surface area (Å²) in [5.41, 5.74) is 2.03. The molecule has 8 nitrogen and oxygen atoms in total. The molecule has 0 saturated carbocycles. The van der Waals surface area contributed by atoms with Gasteiger partial charge < -0.3 is 15.4 Å². The highest BCUT2D eigenvalue weighted by atomic mass is 16.5. The molecule has 1 fully saturated rings. The largest absolute Gasteiger partial charge is 0.381 e. The van der Waals surface area contributed by atoms with Gasteiger partial charge in [-0.3, -0.25) is 9.36 Å². The number of nitrogens with one attached hydrogen (secondary N) is 2. The summed E-state index contributed by atoms with van der Waals surface area (Å²) >= 11 is 0. The molecule has 0 bridgehead atoms. The first kappa shape index (κ1) is 17.3. The van der Waals surface area contributed by atoms with E-state index >= 15 is 0 Å². The first-order chi connectivity index (χ1) is 12.1. The van der Waals surface area contributed by atoms with Gasteiger partial charge in [0.05, 0.1) is 5.69 Å². The van der Waals surface area contributed by atoms with Gasteiger partial charge in [-0.25, -0.2) is 15.0 Å². The number of rotatable bonds is 6. The molecule has 0 aliphatic carbocycles. The fourth-order valence-corrected chi connectivity index (χ4v) is 2.79. The van der Waals surface area contributed by atoms with Crippen molar-refractivity contribution in [3.05, 3.63) is 30.1 Å². The molecule has 1 saturated heterocycles. The first-order valence-corrected chi connectivity index (χ1v) is 8.57. The summed E-state index contributed by atoms with van der Waals surface area (Å²) in [5, 5.41) is 6.18. The van der Waals surface area contributed by atoms with Gasteiger partial charge in [0.2, 0.25) is 5.91 Å². The van der Waals surface area contributed by atoms with Gasteiger partial charge in [0.15, 0.2) is 0 Å². The Labute approximate surface area is 147 Å². The van der Waals surface area contributed by atoms with E-state index in [1.54, 1.807) is 6.33 Å². The molecular formula is C17H24N6O2.